The van der Waals surface area contributed by atoms with Crippen molar-refractivity contribution in [2.24, 2.45) is 11.8 Å². The Morgan fingerprint density at radius 3 is 2.47 bits per heavy atom. The van der Waals surface area contributed by atoms with Crippen LogP contribution in [0.3, 0.4) is 0 Å². The summed E-state index contributed by atoms with van der Waals surface area (Å²) in [5.74, 6) is -2.09. The molecule has 2 heterocycles. The lowest BCUT2D eigenvalue weighted by Gasteiger charge is -2.36. The van der Waals surface area contributed by atoms with E-state index < -0.39 is 36.6 Å². The molecule has 10 nitrogen and oxygen atoms in total. The molecule has 2 aliphatic heterocycles. The second-order valence-corrected chi connectivity index (χ2v) is 8.28. The largest absolute Gasteiger partial charge is 0.469 e. The average Bonchev–Trinajstić information content (AvgIpc) is 2.98. The second kappa shape index (κ2) is 9.01. The summed E-state index contributed by atoms with van der Waals surface area (Å²) in [5.41, 5.74) is -0.935. The fourth-order valence-electron chi connectivity index (χ4n) is 4.58. The number of nitrogens with one attached hydrogen (secondary N) is 1. The number of rotatable bonds is 5. The van der Waals surface area contributed by atoms with Gasteiger partial charge in [-0.1, -0.05) is 19.8 Å². The summed E-state index contributed by atoms with van der Waals surface area (Å²) in [6.45, 7) is 1.71. The molecule has 30 heavy (non-hydrogen) atoms. The zero-order valence-electron chi connectivity index (χ0n) is 17.5. The van der Waals surface area contributed by atoms with Crippen LogP contribution in [0.25, 0.3) is 0 Å². The van der Waals surface area contributed by atoms with Gasteiger partial charge in [-0.15, -0.1) is 0 Å². The van der Waals surface area contributed by atoms with E-state index in [-0.39, 0.29) is 23.7 Å². The predicted molar refractivity (Wildman–Crippen MR) is 103 cm³/mol. The summed E-state index contributed by atoms with van der Waals surface area (Å²) in [6.07, 6.45) is 4.24. The molecular formula is C20H29N3O7. The Morgan fingerprint density at radius 1 is 1.13 bits per heavy atom. The number of methoxy groups -OCH3 is 1. The molecule has 0 aromatic heterocycles. The number of hydrogen-bond donors (Lipinski definition) is 1. The summed E-state index contributed by atoms with van der Waals surface area (Å²) >= 11 is 0. The number of carbonyl (C=O) groups excluding carboxylic acids is 5. The van der Waals surface area contributed by atoms with Crippen LogP contribution in [0.15, 0.2) is 0 Å². The lowest BCUT2D eigenvalue weighted by atomic mass is 9.73. The highest BCUT2D eigenvalue weighted by Gasteiger charge is 2.55. The van der Waals surface area contributed by atoms with E-state index in [0.29, 0.717) is 32.4 Å². The minimum absolute atomic E-state index is 0.00165. The number of amides is 4. The summed E-state index contributed by atoms with van der Waals surface area (Å²) < 4.78 is 9.73. The highest BCUT2D eigenvalue weighted by molar-refractivity contribution is 6.09. The Bertz CT molecular complexity index is 732. The van der Waals surface area contributed by atoms with Gasteiger partial charge in [-0.25, -0.2) is 4.79 Å². The van der Waals surface area contributed by atoms with Gasteiger partial charge in [0.25, 0.3) is 11.8 Å². The van der Waals surface area contributed by atoms with Crippen molar-refractivity contribution in [2.75, 3.05) is 33.4 Å². The molecular weight excluding hydrogens is 394 g/mol. The van der Waals surface area contributed by atoms with Crippen molar-refractivity contribution >= 4 is 29.8 Å². The maximum Gasteiger partial charge on any atom is 0.326 e. The predicted octanol–water partition coefficient (Wildman–Crippen LogP) is 0.442. The molecule has 1 N–H and O–H groups in total. The van der Waals surface area contributed by atoms with Crippen LogP contribution < -0.4 is 5.32 Å². The number of imide groups is 1. The van der Waals surface area contributed by atoms with Crippen LogP contribution in [-0.2, 0) is 28.7 Å². The summed E-state index contributed by atoms with van der Waals surface area (Å²) in [4.78, 5) is 63.6. The van der Waals surface area contributed by atoms with Gasteiger partial charge in [-0.3, -0.25) is 24.1 Å². The first-order valence-electron chi connectivity index (χ1n) is 10.4. The van der Waals surface area contributed by atoms with Gasteiger partial charge < -0.3 is 19.7 Å². The number of carbonyl (C=O) groups is 5. The van der Waals surface area contributed by atoms with Crippen LogP contribution >= 0.6 is 0 Å². The van der Waals surface area contributed by atoms with Gasteiger partial charge in [0, 0.05) is 13.1 Å². The zero-order chi connectivity index (χ0) is 21.9. The maximum absolute atomic E-state index is 12.9. The Hall–Kier alpha value is -2.65. The normalized spacial score (nSPS) is 27.2. The van der Waals surface area contributed by atoms with Gasteiger partial charge in [0.1, 0.15) is 12.1 Å². The smallest absolute Gasteiger partial charge is 0.326 e. The summed E-state index contributed by atoms with van der Waals surface area (Å²) in [5, 5.41) is 2.78. The number of urea groups is 1. The minimum atomic E-state index is -0.935. The molecule has 3 fully saturated rings. The molecule has 0 aromatic rings. The Morgan fingerprint density at radius 2 is 1.83 bits per heavy atom. The third-order valence-electron chi connectivity index (χ3n) is 6.53. The van der Waals surface area contributed by atoms with Crippen molar-refractivity contribution in [2.45, 2.75) is 51.0 Å². The number of esters is 2. The van der Waals surface area contributed by atoms with Crippen LogP contribution in [0.4, 0.5) is 4.79 Å². The molecule has 10 heteroatoms. The molecule has 3 aliphatic rings. The Labute approximate surface area is 175 Å². The van der Waals surface area contributed by atoms with Crippen molar-refractivity contribution in [1.82, 2.24) is 15.1 Å². The standard InChI is InChI=1S/C20H29N3O7/c1-13-5-3-4-8-20(13)18(27)23(19(28)21-20)11-16(25)30-12-15(24)22-9-6-14(7-10-22)17(26)29-2/h13-14H,3-12H2,1-2H3,(H,21,28)/t13-,20-/m1/s1. The first-order valence-corrected chi connectivity index (χ1v) is 10.4. The van der Waals surface area contributed by atoms with Gasteiger partial charge >= 0.3 is 18.0 Å². The van der Waals surface area contributed by atoms with Crippen molar-refractivity contribution in [3.8, 4) is 0 Å². The molecule has 0 unspecified atom stereocenters. The number of ether oxygens (including phenoxy) is 2. The SMILES string of the molecule is COC(=O)C1CCN(C(=O)COC(=O)CN2C(=O)N[C@@]3(CCCC[C@H]3C)C2=O)CC1. The van der Waals surface area contributed by atoms with E-state index in [4.69, 9.17) is 9.47 Å². The van der Waals surface area contributed by atoms with Gasteiger partial charge in [-0.2, -0.15) is 0 Å². The highest BCUT2D eigenvalue weighted by Crippen LogP contribution is 2.38. The first-order chi connectivity index (χ1) is 14.3. The van der Waals surface area contributed by atoms with Gasteiger partial charge in [-0.05, 0) is 31.6 Å². The van der Waals surface area contributed by atoms with E-state index in [2.05, 4.69) is 5.32 Å². The molecule has 0 aromatic carbocycles. The summed E-state index contributed by atoms with van der Waals surface area (Å²) in [6, 6.07) is -0.595. The molecule has 166 valence electrons. The van der Waals surface area contributed by atoms with Gasteiger partial charge in [0.15, 0.2) is 6.61 Å². The van der Waals surface area contributed by atoms with Crippen LogP contribution in [0.5, 0.6) is 0 Å². The zero-order valence-corrected chi connectivity index (χ0v) is 17.5. The molecule has 2 saturated heterocycles. The maximum atomic E-state index is 12.9. The van der Waals surface area contributed by atoms with Crippen molar-refractivity contribution in [3.05, 3.63) is 0 Å². The van der Waals surface area contributed by atoms with Crippen LogP contribution in [0.1, 0.15) is 45.4 Å². The number of hydrogen-bond acceptors (Lipinski definition) is 7. The lowest BCUT2D eigenvalue weighted by Crippen LogP contribution is -2.54. The third kappa shape index (κ3) is 4.27. The molecule has 4 amide bonds. The van der Waals surface area contributed by atoms with Crippen molar-refractivity contribution < 1.29 is 33.4 Å². The highest BCUT2D eigenvalue weighted by atomic mass is 16.5. The van der Waals surface area contributed by atoms with E-state index in [1.165, 1.54) is 12.0 Å². The minimum Gasteiger partial charge on any atom is -0.469 e. The second-order valence-electron chi connectivity index (χ2n) is 8.28. The fourth-order valence-corrected chi connectivity index (χ4v) is 4.58. The molecule has 0 radical (unpaired) electrons. The van der Waals surface area contributed by atoms with Gasteiger partial charge in [0.05, 0.1) is 13.0 Å². The number of piperidine rings is 1. The van der Waals surface area contributed by atoms with E-state index in [0.717, 1.165) is 24.2 Å². The number of likely N-dealkylation sites (tertiary alicyclic amines) is 1. The quantitative estimate of drug-likeness (QED) is 0.503. The molecule has 3 rings (SSSR count). The monoisotopic (exact) mass is 423 g/mol. The topological polar surface area (TPSA) is 122 Å². The summed E-state index contributed by atoms with van der Waals surface area (Å²) in [7, 11) is 1.33. The van der Waals surface area contributed by atoms with Crippen LogP contribution in [0.2, 0.25) is 0 Å². The molecule has 1 saturated carbocycles. The molecule has 2 atom stereocenters. The lowest BCUT2D eigenvalue weighted by molar-refractivity contribution is -0.155. The van der Waals surface area contributed by atoms with E-state index >= 15 is 0 Å². The average molecular weight is 423 g/mol. The van der Waals surface area contributed by atoms with Crippen LogP contribution in [0, 0.1) is 11.8 Å². The van der Waals surface area contributed by atoms with E-state index in [9.17, 15) is 24.0 Å². The molecule has 0 bridgehead atoms. The van der Waals surface area contributed by atoms with Crippen molar-refractivity contribution in [1.29, 1.82) is 0 Å². The Kier molecular flexibility index (Phi) is 6.62. The van der Waals surface area contributed by atoms with E-state index in [1.807, 2.05) is 6.92 Å². The van der Waals surface area contributed by atoms with Crippen LogP contribution in [-0.4, -0.2) is 78.5 Å². The fraction of sp³-hybridized carbons (Fsp3) is 0.750. The van der Waals surface area contributed by atoms with Crippen molar-refractivity contribution in [3.63, 3.8) is 0 Å². The first kappa shape index (κ1) is 22.0. The Balaban J connectivity index is 1.47. The van der Waals surface area contributed by atoms with E-state index in [1.54, 1.807) is 0 Å². The molecule has 1 aliphatic carbocycles. The van der Waals surface area contributed by atoms with Gasteiger partial charge in [0.2, 0.25) is 0 Å². The number of nitrogens with zero attached hydrogens (tertiary/aromatic N) is 2. The molecule has 1 spiro atoms. The third-order valence-corrected chi connectivity index (χ3v) is 6.53.